The van der Waals surface area contributed by atoms with Crippen LogP contribution in [0.15, 0.2) is 83.8 Å². The van der Waals surface area contributed by atoms with Gasteiger partial charge in [0.1, 0.15) is 11.6 Å². The summed E-state index contributed by atoms with van der Waals surface area (Å²) in [5.41, 5.74) is 2.09. The Hall–Kier alpha value is -1.67. The SMILES string of the molecule is Cl.Cl.OC(CSc1ccccc1)CN1CCN(CCC(c2ccc(F)cc2)c2ccc(F)cc2)CC1. The fourth-order valence-corrected chi connectivity index (χ4v) is 5.32. The number of aliphatic hydroxyl groups excluding tert-OH is 1. The van der Waals surface area contributed by atoms with Crippen LogP contribution in [0.4, 0.5) is 8.78 Å². The lowest BCUT2D eigenvalue weighted by Crippen LogP contribution is -2.49. The number of thioether (sulfide) groups is 1. The Bertz CT molecular complexity index is 959. The second-order valence-electron chi connectivity index (χ2n) is 8.86. The molecule has 0 spiro atoms. The number of hydrogen-bond acceptors (Lipinski definition) is 4. The fraction of sp³-hybridized carbons (Fsp3) is 0.357. The van der Waals surface area contributed by atoms with E-state index in [4.69, 9.17) is 0 Å². The van der Waals surface area contributed by atoms with Crippen LogP contribution in [-0.4, -0.2) is 66.0 Å². The van der Waals surface area contributed by atoms with Gasteiger partial charge < -0.3 is 10.0 Å². The van der Waals surface area contributed by atoms with E-state index >= 15 is 0 Å². The van der Waals surface area contributed by atoms with Gasteiger partial charge in [0, 0.05) is 49.3 Å². The minimum Gasteiger partial charge on any atom is -0.391 e. The van der Waals surface area contributed by atoms with Gasteiger partial charge >= 0.3 is 0 Å². The first-order chi connectivity index (χ1) is 16.6. The molecule has 1 unspecified atom stereocenters. The molecule has 3 aromatic rings. The van der Waals surface area contributed by atoms with E-state index in [2.05, 4.69) is 21.9 Å². The molecular weight excluding hydrogens is 521 g/mol. The number of β-amino-alcohol motifs (C(OH)–C–C–N with tert-alkyl or cyclic N) is 1. The maximum Gasteiger partial charge on any atom is 0.123 e. The molecule has 196 valence electrons. The van der Waals surface area contributed by atoms with Crippen LogP contribution in [0.25, 0.3) is 0 Å². The van der Waals surface area contributed by atoms with Crippen LogP contribution in [0.1, 0.15) is 23.5 Å². The van der Waals surface area contributed by atoms with Gasteiger partial charge in [-0.15, -0.1) is 36.6 Å². The van der Waals surface area contributed by atoms with Crippen LogP contribution in [0.2, 0.25) is 0 Å². The highest BCUT2D eigenvalue weighted by Gasteiger charge is 2.21. The molecule has 1 N–H and O–H groups in total. The molecule has 4 rings (SSSR count). The van der Waals surface area contributed by atoms with E-state index < -0.39 is 0 Å². The van der Waals surface area contributed by atoms with E-state index in [0.29, 0.717) is 12.3 Å². The molecule has 0 amide bonds. The first-order valence-corrected chi connectivity index (χ1v) is 12.9. The number of nitrogens with zero attached hydrogens (tertiary/aromatic N) is 2. The number of benzene rings is 3. The van der Waals surface area contributed by atoms with Crippen molar-refractivity contribution in [2.45, 2.75) is 23.3 Å². The fourth-order valence-electron chi connectivity index (χ4n) is 4.48. The zero-order valence-electron chi connectivity index (χ0n) is 20.1. The van der Waals surface area contributed by atoms with Crippen LogP contribution in [0.3, 0.4) is 0 Å². The maximum absolute atomic E-state index is 13.5. The third-order valence-electron chi connectivity index (χ3n) is 6.40. The molecule has 1 aliphatic rings. The summed E-state index contributed by atoms with van der Waals surface area (Å²) in [5, 5.41) is 10.5. The van der Waals surface area contributed by atoms with Crippen molar-refractivity contribution < 1.29 is 13.9 Å². The van der Waals surface area contributed by atoms with Crippen LogP contribution < -0.4 is 0 Å². The van der Waals surface area contributed by atoms with Crippen molar-refractivity contribution in [3.8, 4) is 0 Å². The van der Waals surface area contributed by atoms with Gasteiger partial charge in [-0.25, -0.2) is 8.78 Å². The van der Waals surface area contributed by atoms with Gasteiger partial charge in [0.2, 0.25) is 0 Å². The van der Waals surface area contributed by atoms with Crippen molar-refractivity contribution >= 4 is 36.6 Å². The van der Waals surface area contributed by atoms with E-state index in [0.717, 1.165) is 50.3 Å². The molecule has 36 heavy (non-hydrogen) atoms. The van der Waals surface area contributed by atoms with Gasteiger partial charge in [0.05, 0.1) is 6.10 Å². The molecule has 0 bridgehead atoms. The standard InChI is InChI=1S/C28H32F2N2OS.2ClH/c29-24-10-6-22(7-11-24)28(23-8-12-25(30)13-9-23)14-15-31-16-18-32(19-17-31)20-26(33)21-34-27-4-2-1-3-5-27;;/h1-13,26,28,33H,14-21H2;2*1H. The van der Waals surface area contributed by atoms with Crippen LogP contribution in [0, 0.1) is 11.6 Å². The van der Waals surface area contributed by atoms with E-state index in [1.807, 2.05) is 42.5 Å². The number of rotatable bonds is 10. The number of aliphatic hydroxyl groups is 1. The Kier molecular flexibility index (Phi) is 13.2. The molecule has 1 aliphatic heterocycles. The molecule has 1 fully saturated rings. The van der Waals surface area contributed by atoms with Gasteiger partial charge in [-0.05, 0) is 60.5 Å². The molecule has 0 aromatic heterocycles. The van der Waals surface area contributed by atoms with Crippen LogP contribution in [0.5, 0.6) is 0 Å². The molecule has 1 heterocycles. The van der Waals surface area contributed by atoms with E-state index in [1.165, 1.54) is 29.2 Å². The molecule has 0 radical (unpaired) electrons. The van der Waals surface area contributed by atoms with E-state index in [-0.39, 0.29) is 48.5 Å². The minimum absolute atomic E-state index is 0. The topological polar surface area (TPSA) is 26.7 Å². The second-order valence-corrected chi connectivity index (χ2v) is 9.96. The average Bonchev–Trinajstić information content (AvgIpc) is 2.86. The summed E-state index contributed by atoms with van der Waals surface area (Å²) < 4.78 is 26.9. The van der Waals surface area contributed by atoms with Crippen LogP contribution in [-0.2, 0) is 0 Å². The van der Waals surface area contributed by atoms with Gasteiger partial charge in [-0.2, -0.15) is 0 Å². The molecule has 3 aromatic carbocycles. The average molecular weight is 556 g/mol. The maximum atomic E-state index is 13.5. The molecular formula is C28H34Cl2F2N2OS. The number of piperazine rings is 1. The first kappa shape index (κ1) is 30.6. The van der Waals surface area contributed by atoms with E-state index in [1.54, 1.807) is 11.8 Å². The van der Waals surface area contributed by atoms with Crippen molar-refractivity contribution in [1.29, 1.82) is 0 Å². The van der Waals surface area contributed by atoms with E-state index in [9.17, 15) is 13.9 Å². The Morgan fingerprint density at radius 2 is 1.22 bits per heavy atom. The van der Waals surface area contributed by atoms with Gasteiger partial charge in [-0.3, -0.25) is 4.90 Å². The third kappa shape index (κ3) is 9.33. The summed E-state index contributed by atoms with van der Waals surface area (Å²) in [6, 6.07) is 23.5. The zero-order chi connectivity index (χ0) is 23.8. The first-order valence-electron chi connectivity index (χ1n) is 11.9. The second kappa shape index (κ2) is 15.6. The summed E-state index contributed by atoms with van der Waals surface area (Å²) in [7, 11) is 0. The number of hydrogen-bond donors (Lipinski definition) is 1. The lowest BCUT2D eigenvalue weighted by Gasteiger charge is -2.36. The van der Waals surface area contributed by atoms with Gasteiger partial charge in [0.15, 0.2) is 0 Å². The molecule has 1 saturated heterocycles. The van der Waals surface area contributed by atoms with Crippen molar-refractivity contribution in [2.24, 2.45) is 0 Å². The lowest BCUT2D eigenvalue weighted by atomic mass is 9.88. The summed E-state index contributed by atoms with van der Waals surface area (Å²) in [6.45, 7) is 5.40. The summed E-state index contributed by atoms with van der Waals surface area (Å²) in [5.74, 6) is 0.293. The highest BCUT2D eigenvalue weighted by molar-refractivity contribution is 7.99. The molecule has 8 heteroatoms. The molecule has 3 nitrogen and oxygen atoms in total. The van der Waals surface area contributed by atoms with Crippen molar-refractivity contribution in [1.82, 2.24) is 9.80 Å². The summed E-state index contributed by atoms with van der Waals surface area (Å²) >= 11 is 1.69. The highest BCUT2D eigenvalue weighted by atomic mass is 35.5. The van der Waals surface area contributed by atoms with Gasteiger partial charge in [0.25, 0.3) is 0 Å². The highest BCUT2D eigenvalue weighted by Crippen LogP contribution is 2.29. The Labute approximate surface area is 229 Å². The van der Waals surface area contributed by atoms with Crippen LogP contribution >= 0.6 is 36.6 Å². The van der Waals surface area contributed by atoms with Gasteiger partial charge in [-0.1, -0.05) is 42.5 Å². The smallest absolute Gasteiger partial charge is 0.123 e. The number of halogens is 4. The Morgan fingerprint density at radius 1 is 0.722 bits per heavy atom. The minimum atomic E-state index is -0.349. The Balaban J connectivity index is 0.00000228. The molecule has 0 aliphatic carbocycles. The molecule has 0 saturated carbocycles. The largest absolute Gasteiger partial charge is 0.391 e. The normalized spacial score (nSPS) is 15.2. The summed E-state index contributed by atoms with van der Waals surface area (Å²) in [6.07, 6.45) is 0.534. The Morgan fingerprint density at radius 3 is 1.75 bits per heavy atom. The monoisotopic (exact) mass is 554 g/mol. The quantitative estimate of drug-likeness (QED) is 0.306. The van der Waals surface area contributed by atoms with Crippen molar-refractivity contribution in [3.05, 3.63) is 102 Å². The van der Waals surface area contributed by atoms with Crippen molar-refractivity contribution in [3.63, 3.8) is 0 Å². The summed E-state index contributed by atoms with van der Waals surface area (Å²) in [4.78, 5) is 5.97. The predicted molar refractivity (Wildman–Crippen MR) is 150 cm³/mol. The third-order valence-corrected chi connectivity index (χ3v) is 7.56. The predicted octanol–water partition coefficient (Wildman–Crippen LogP) is 6.10. The van der Waals surface area contributed by atoms with Crippen molar-refractivity contribution in [2.75, 3.05) is 45.0 Å². The lowest BCUT2D eigenvalue weighted by molar-refractivity contribution is 0.0818. The zero-order valence-corrected chi connectivity index (χ0v) is 22.6. The molecule has 1 atom stereocenters.